The molecule has 0 amide bonds. The number of hydrogen-bond acceptors (Lipinski definition) is 4. The molecule has 0 N–H and O–H groups in total. The highest BCUT2D eigenvalue weighted by Crippen LogP contribution is 2.47. The maximum Gasteiger partial charge on any atom is 0.144 e. The number of fused-ring (bicyclic) bond motifs is 7. The van der Waals surface area contributed by atoms with Gasteiger partial charge >= 0.3 is 0 Å². The van der Waals surface area contributed by atoms with Gasteiger partial charge in [0.1, 0.15) is 17.0 Å². The summed E-state index contributed by atoms with van der Waals surface area (Å²) < 4.78 is 12.3. The van der Waals surface area contributed by atoms with Crippen LogP contribution in [0.1, 0.15) is 31.1 Å². The monoisotopic (exact) mass is 779 g/mol. The zero-order valence-electron chi connectivity index (χ0n) is 32.1. The van der Waals surface area contributed by atoms with Crippen LogP contribution in [0.25, 0.3) is 95.8 Å². The van der Waals surface area contributed by atoms with Crippen molar-refractivity contribution >= 4 is 85.9 Å². The predicted octanol–water partition coefficient (Wildman–Crippen LogP) is 16.7. The molecule has 1 unspecified atom stereocenters. The standard InChI is InChI=1S/C54H37NOS2/c1-3-55-50-47-32-39(36-18-12-20-38(30-36)41-24-14-26-45-43-22-8-10-28-49(43)58-54(41)45)31-46(34-15-5-4-6-16-34)52(47)56-51(50)33(2)35-17-11-19-37(29-35)40-23-13-25-44-42-21-7-9-27-48(42)57-53(40)44/h3-33H,1-2H3. The SMILES string of the molecule is CC=Nc1c(C(C)c2cccc(-c3cccc4c3sc3ccccc34)c2)oc2c(-c3ccccc3)cc(-c3cccc(-c4cccc5c4sc4ccccc45)c3)cc12. The van der Waals surface area contributed by atoms with E-state index in [9.17, 15) is 0 Å². The third-order valence-corrected chi connectivity index (χ3v) is 14.0. The first-order chi connectivity index (χ1) is 28.6. The van der Waals surface area contributed by atoms with Gasteiger partial charge in [-0.15, -0.1) is 22.7 Å². The molecule has 4 heteroatoms. The molecule has 11 rings (SSSR count). The Morgan fingerprint density at radius 2 is 1.02 bits per heavy atom. The Labute approximate surface area is 345 Å². The second-order valence-corrected chi connectivity index (χ2v) is 17.1. The van der Waals surface area contributed by atoms with E-state index in [0.29, 0.717) is 0 Å². The van der Waals surface area contributed by atoms with Gasteiger partial charge < -0.3 is 4.42 Å². The van der Waals surface area contributed by atoms with Crippen molar-refractivity contribution < 1.29 is 4.42 Å². The van der Waals surface area contributed by atoms with Crippen molar-refractivity contribution in [1.29, 1.82) is 0 Å². The zero-order chi connectivity index (χ0) is 38.7. The maximum atomic E-state index is 7.06. The number of aliphatic imine (C=N–C) groups is 1. The molecule has 58 heavy (non-hydrogen) atoms. The lowest BCUT2D eigenvalue weighted by Crippen LogP contribution is -1.95. The lowest BCUT2D eigenvalue weighted by Gasteiger charge is -2.13. The van der Waals surface area contributed by atoms with Gasteiger partial charge in [0.05, 0.1) is 0 Å². The van der Waals surface area contributed by atoms with Crippen LogP contribution in [-0.4, -0.2) is 6.21 Å². The van der Waals surface area contributed by atoms with Crippen molar-refractivity contribution in [2.75, 3.05) is 0 Å². The normalized spacial score (nSPS) is 12.5. The lowest BCUT2D eigenvalue weighted by atomic mass is 9.92. The molecule has 1 atom stereocenters. The minimum Gasteiger partial charge on any atom is -0.457 e. The van der Waals surface area contributed by atoms with Crippen molar-refractivity contribution in [2.24, 2.45) is 4.99 Å². The van der Waals surface area contributed by atoms with Crippen molar-refractivity contribution in [1.82, 2.24) is 0 Å². The molecule has 0 saturated carbocycles. The topological polar surface area (TPSA) is 25.5 Å². The molecule has 0 aliphatic carbocycles. The number of rotatable bonds is 7. The van der Waals surface area contributed by atoms with Crippen molar-refractivity contribution in [2.45, 2.75) is 19.8 Å². The first-order valence-electron chi connectivity index (χ1n) is 19.8. The summed E-state index contributed by atoms with van der Waals surface area (Å²) in [5, 5.41) is 6.25. The molecule has 0 saturated heterocycles. The zero-order valence-corrected chi connectivity index (χ0v) is 33.7. The van der Waals surface area contributed by atoms with Gasteiger partial charge in [0.25, 0.3) is 0 Å². The molecule has 276 valence electrons. The van der Waals surface area contributed by atoms with Crippen molar-refractivity contribution in [3.8, 4) is 44.5 Å². The third kappa shape index (κ3) is 5.71. The van der Waals surface area contributed by atoms with Crippen LogP contribution in [0, 0.1) is 0 Å². The van der Waals surface area contributed by atoms with Crippen LogP contribution in [0.15, 0.2) is 185 Å². The number of benzene rings is 8. The van der Waals surface area contributed by atoms with Crippen LogP contribution < -0.4 is 0 Å². The summed E-state index contributed by atoms with van der Waals surface area (Å²) in [7, 11) is 0. The Morgan fingerprint density at radius 1 is 0.466 bits per heavy atom. The highest BCUT2D eigenvalue weighted by atomic mass is 32.1. The number of furan rings is 1. The molecule has 11 aromatic rings. The van der Waals surface area contributed by atoms with E-state index >= 15 is 0 Å². The maximum absolute atomic E-state index is 7.06. The summed E-state index contributed by atoms with van der Waals surface area (Å²) in [6.45, 7) is 4.23. The lowest BCUT2D eigenvalue weighted by molar-refractivity contribution is 0.534. The summed E-state index contributed by atoms with van der Waals surface area (Å²) in [5.41, 5.74) is 12.3. The average molecular weight is 780 g/mol. The predicted molar refractivity (Wildman–Crippen MR) is 252 cm³/mol. The Hall–Kier alpha value is -6.59. The van der Waals surface area contributed by atoms with Crippen molar-refractivity contribution in [3.63, 3.8) is 0 Å². The van der Waals surface area contributed by atoms with E-state index in [4.69, 9.17) is 9.41 Å². The van der Waals surface area contributed by atoms with Gasteiger partial charge in [-0.05, 0) is 81.8 Å². The van der Waals surface area contributed by atoms with E-state index in [1.165, 1.54) is 68.2 Å². The van der Waals surface area contributed by atoms with Crippen LogP contribution in [0.4, 0.5) is 5.69 Å². The first kappa shape index (κ1) is 34.6. The molecule has 3 aromatic heterocycles. The van der Waals surface area contributed by atoms with Gasteiger partial charge in [-0.3, -0.25) is 4.99 Å². The molecule has 0 bridgehead atoms. The van der Waals surface area contributed by atoms with Gasteiger partial charge in [-0.1, -0.05) is 153 Å². The first-order valence-corrected chi connectivity index (χ1v) is 21.4. The fourth-order valence-electron chi connectivity index (χ4n) is 8.70. The van der Waals surface area contributed by atoms with Gasteiger partial charge in [0, 0.05) is 63.4 Å². The largest absolute Gasteiger partial charge is 0.457 e. The van der Waals surface area contributed by atoms with E-state index in [2.05, 4.69) is 183 Å². The van der Waals surface area contributed by atoms with Gasteiger partial charge in [-0.25, -0.2) is 0 Å². The molecule has 8 aromatic carbocycles. The average Bonchev–Trinajstić information content (AvgIpc) is 3.98. The van der Waals surface area contributed by atoms with E-state index in [1.807, 2.05) is 35.8 Å². The van der Waals surface area contributed by atoms with E-state index in [-0.39, 0.29) is 5.92 Å². The van der Waals surface area contributed by atoms with E-state index in [0.717, 1.165) is 44.7 Å². The Kier molecular flexibility index (Phi) is 8.42. The summed E-state index contributed by atoms with van der Waals surface area (Å²) in [6.07, 6.45) is 1.89. The molecule has 3 heterocycles. The molecule has 0 aliphatic heterocycles. The fourth-order valence-corrected chi connectivity index (χ4v) is 11.2. The van der Waals surface area contributed by atoms with Crippen LogP contribution in [-0.2, 0) is 0 Å². The molecular weight excluding hydrogens is 743 g/mol. The smallest absolute Gasteiger partial charge is 0.144 e. The number of nitrogens with zero attached hydrogens (tertiary/aromatic N) is 1. The molecule has 0 spiro atoms. The number of thiophene rings is 2. The highest BCUT2D eigenvalue weighted by Gasteiger charge is 2.25. The van der Waals surface area contributed by atoms with E-state index in [1.54, 1.807) is 0 Å². The van der Waals surface area contributed by atoms with Crippen LogP contribution in [0.2, 0.25) is 0 Å². The molecule has 0 radical (unpaired) electrons. The Bertz CT molecular complexity index is 3380. The number of hydrogen-bond donors (Lipinski definition) is 0. The highest BCUT2D eigenvalue weighted by molar-refractivity contribution is 7.26. The van der Waals surface area contributed by atoms with Gasteiger partial charge in [-0.2, -0.15) is 0 Å². The second-order valence-electron chi connectivity index (χ2n) is 15.0. The van der Waals surface area contributed by atoms with Crippen LogP contribution in [0.3, 0.4) is 0 Å². The molecule has 0 fully saturated rings. The summed E-state index contributed by atoms with van der Waals surface area (Å²) in [6, 6.07) is 63.9. The summed E-state index contributed by atoms with van der Waals surface area (Å²) >= 11 is 3.74. The fraction of sp³-hybridized carbons (Fsp3) is 0.0556. The molecule has 2 nitrogen and oxygen atoms in total. The third-order valence-electron chi connectivity index (χ3n) is 11.5. The summed E-state index contributed by atoms with van der Waals surface area (Å²) in [4.78, 5) is 5.06. The minimum atomic E-state index is -0.0511. The minimum absolute atomic E-state index is 0.0511. The quantitative estimate of drug-likeness (QED) is 0.148. The van der Waals surface area contributed by atoms with E-state index < -0.39 is 0 Å². The Balaban J connectivity index is 1.05. The molecular formula is C54H37NOS2. The van der Waals surface area contributed by atoms with Crippen molar-refractivity contribution in [3.05, 3.63) is 187 Å². The van der Waals surface area contributed by atoms with Crippen LogP contribution in [0.5, 0.6) is 0 Å². The second kappa shape index (κ2) is 14.1. The summed E-state index contributed by atoms with van der Waals surface area (Å²) in [5.74, 6) is 0.815. The molecule has 0 aliphatic rings. The van der Waals surface area contributed by atoms with Gasteiger partial charge in [0.15, 0.2) is 0 Å². The van der Waals surface area contributed by atoms with Gasteiger partial charge in [0.2, 0.25) is 0 Å². The van der Waals surface area contributed by atoms with Crippen LogP contribution >= 0.6 is 22.7 Å². The Morgan fingerprint density at radius 3 is 1.69 bits per heavy atom.